The van der Waals surface area contributed by atoms with Gasteiger partial charge in [-0.1, -0.05) is 6.07 Å². The van der Waals surface area contributed by atoms with Crippen LogP contribution in [0.2, 0.25) is 0 Å². The second-order valence-corrected chi connectivity index (χ2v) is 3.97. The summed E-state index contributed by atoms with van der Waals surface area (Å²) in [7, 11) is 0. The fourth-order valence-corrected chi connectivity index (χ4v) is 1.54. The Morgan fingerprint density at radius 2 is 2.22 bits per heavy atom. The first-order valence-corrected chi connectivity index (χ1v) is 5.53. The van der Waals surface area contributed by atoms with Crippen LogP contribution in [0, 0.1) is 12.7 Å². The standard InChI is InChI=1S/C12H14FN3O2/c1-7(14)10-4-3-9(13)5-11(10)17-6-12-16-15-8(2)18-12/h3-5,7H,6,14H2,1-2H3/t7-/m0/s1. The molecule has 5 nitrogen and oxygen atoms in total. The second kappa shape index (κ2) is 5.14. The molecule has 0 bridgehead atoms. The van der Waals surface area contributed by atoms with Crippen molar-refractivity contribution in [3.05, 3.63) is 41.4 Å². The Kier molecular flexibility index (Phi) is 3.57. The maximum Gasteiger partial charge on any atom is 0.253 e. The van der Waals surface area contributed by atoms with E-state index in [9.17, 15) is 4.39 Å². The predicted molar refractivity (Wildman–Crippen MR) is 62.4 cm³/mol. The van der Waals surface area contributed by atoms with Gasteiger partial charge >= 0.3 is 0 Å². The largest absolute Gasteiger partial charge is 0.483 e. The van der Waals surface area contributed by atoms with E-state index in [-0.39, 0.29) is 18.5 Å². The van der Waals surface area contributed by atoms with Crippen molar-refractivity contribution in [2.75, 3.05) is 0 Å². The van der Waals surface area contributed by atoms with E-state index in [0.29, 0.717) is 17.5 Å². The molecule has 1 aromatic carbocycles. The van der Waals surface area contributed by atoms with Crippen LogP contribution in [0.3, 0.4) is 0 Å². The molecule has 2 aromatic rings. The monoisotopic (exact) mass is 251 g/mol. The van der Waals surface area contributed by atoms with E-state index in [1.807, 2.05) is 0 Å². The van der Waals surface area contributed by atoms with Gasteiger partial charge in [-0.05, 0) is 13.0 Å². The van der Waals surface area contributed by atoms with Crippen LogP contribution in [0.15, 0.2) is 22.6 Å². The number of aromatic nitrogens is 2. The lowest BCUT2D eigenvalue weighted by atomic mass is 10.1. The predicted octanol–water partition coefficient (Wildman–Crippen LogP) is 2.12. The van der Waals surface area contributed by atoms with Gasteiger partial charge in [0.25, 0.3) is 5.89 Å². The minimum Gasteiger partial charge on any atom is -0.483 e. The van der Waals surface area contributed by atoms with Gasteiger partial charge in [0.15, 0.2) is 6.61 Å². The summed E-state index contributed by atoms with van der Waals surface area (Å²) in [6.07, 6.45) is 0. The summed E-state index contributed by atoms with van der Waals surface area (Å²) in [5.74, 6) is 0.810. The molecule has 0 aliphatic rings. The number of benzene rings is 1. The average molecular weight is 251 g/mol. The van der Waals surface area contributed by atoms with E-state index < -0.39 is 0 Å². The maximum absolute atomic E-state index is 13.2. The van der Waals surface area contributed by atoms with Crippen molar-refractivity contribution in [1.82, 2.24) is 10.2 Å². The molecule has 6 heteroatoms. The first-order valence-electron chi connectivity index (χ1n) is 5.53. The third-order valence-electron chi connectivity index (χ3n) is 2.39. The Bertz CT molecular complexity index is 540. The van der Waals surface area contributed by atoms with Crippen molar-refractivity contribution in [3.63, 3.8) is 0 Å². The topological polar surface area (TPSA) is 74.2 Å². The van der Waals surface area contributed by atoms with Crippen molar-refractivity contribution in [3.8, 4) is 5.75 Å². The normalized spacial score (nSPS) is 12.4. The van der Waals surface area contributed by atoms with Gasteiger partial charge in [0, 0.05) is 24.6 Å². The Morgan fingerprint density at radius 1 is 1.44 bits per heavy atom. The lowest BCUT2D eigenvalue weighted by Gasteiger charge is -2.12. The molecule has 0 aliphatic heterocycles. The van der Waals surface area contributed by atoms with Crippen molar-refractivity contribution in [2.45, 2.75) is 26.5 Å². The summed E-state index contributed by atoms with van der Waals surface area (Å²) in [6, 6.07) is 4.00. The molecule has 0 aliphatic carbocycles. The third kappa shape index (κ3) is 2.84. The highest BCUT2D eigenvalue weighted by Crippen LogP contribution is 2.25. The number of hydrogen-bond acceptors (Lipinski definition) is 5. The molecule has 0 saturated carbocycles. The van der Waals surface area contributed by atoms with Gasteiger partial charge in [-0.15, -0.1) is 10.2 Å². The highest BCUT2D eigenvalue weighted by Gasteiger charge is 2.11. The number of hydrogen-bond donors (Lipinski definition) is 1. The summed E-state index contributed by atoms with van der Waals surface area (Å²) >= 11 is 0. The quantitative estimate of drug-likeness (QED) is 0.900. The Morgan fingerprint density at radius 3 is 2.83 bits per heavy atom. The van der Waals surface area contributed by atoms with E-state index in [1.165, 1.54) is 12.1 Å². The SMILES string of the molecule is Cc1nnc(COc2cc(F)ccc2[C@H](C)N)o1. The van der Waals surface area contributed by atoms with Crippen LogP contribution in [0.1, 0.15) is 30.3 Å². The Hall–Kier alpha value is -1.95. The van der Waals surface area contributed by atoms with Crippen molar-refractivity contribution in [1.29, 1.82) is 0 Å². The van der Waals surface area contributed by atoms with Crippen LogP contribution < -0.4 is 10.5 Å². The first kappa shape index (κ1) is 12.5. The number of nitrogens with zero attached hydrogens (tertiary/aromatic N) is 2. The van der Waals surface area contributed by atoms with Crippen molar-refractivity contribution < 1.29 is 13.5 Å². The van der Waals surface area contributed by atoms with Crippen LogP contribution in [0.5, 0.6) is 5.75 Å². The van der Waals surface area contributed by atoms with Crippen molar-refractivity contribution in [2.24, 2.45) is 5.73 Å². The smallest absolute Gasteiger partial charge is 0.253 e. The molecule has 0 unspecified atom stereocenters. The highest BCUT2D eigenvalue weighted by molar-refractivity contribution is 5.36. The fraction of sp³-hybridized carbons (Fsp3) is 0.333. The molecule has 0 amide bonds. The molecule has 1 heterocycles. The van der Waals surface area contributed by atoms with Gasteiger partial charge in [0.2, 0.25) is 5.89 Å². The number of rotatable bonds is 4. The van der Waals surface area contributed by atoms with E-state index >= 15 is 0 Å². The van der Waals surface area contributed by atoms with E-state index in [0.717, 1.165) is 5.56 Å². The van der Waals surface area contributed by atoms with Gasteiger partial charge in [-0.2, -0.15) is 0 Å². The first-order chi connectivity index (χ1) is 8.56. The zero-order valence-corrected chi connectivity index (χ0v) is 10.2. The number of nitrogens with two attached hydrogens (primary N) is 1. The molecule has 96 valence electrons. The van der Waals surface area contributed by atoms with E-state index in [4.69, 9.17) is 14.9 Å². The van der Waals surface area contributed by atoms with Gasteiger partial charge in [-0.3, -0.25) is 0 Å². The van der Waals surface area contributed by atoms with Crippen LogP contribution in [-0.4, -0.2) is 10.2 Å². The van der Waals surface area contributed by atoms with Gasteiger partial charge in [0.05, 0.1) is 0 Å². The second-order valence-electron chi connectivity index (χ2n) is 3.97. The lowest BCUT2D eigenvalue weighted by Crippen LogP contribution is -2.08. The van der Waals surface area contributed by atoms with Gasteiger partial charge in [0.1, 0.15) is 11.6 Å². The minimum atomic E-state index is -0.379. The molecule has 0 saturated heterocycles. The fourth-order valence-electron chi connectivity index (χ4n) is 1.54. The number of ether oxygens (including phenoxy) is 1. The van der Waals surface area contributed by atoms with Crippen LogP contribution in [0.4, 0.5) is 4.39 Å². The summed E-state index contributed by atoms with van der Waals surface area (Å²) in [6.45, 7) is 3.58. The molecule has 1 aromatic heterocycles. The molecule has 0 fully saturated rings. The molecule has 0 spiro atoms. The Balaban J connectivity index is 2.15. The average Bonchev–Trinajstić information content (AvgIpc) is 2.72. The Labute approximate surface area is 104 Å². The molecule has 1 atom stereocenters. The lowest BCUT2D eigenvalue weighted by molar-refractivity contribution is 0.256. The zero-order valence-electron chi connectivity index (χ0n) is 10.2. The zero-order chi connectivity index (χ0) is 13.1. The third-order valence-corrected chi connectivity index (χ3v) is 2.39. The minimum absolute atomic E-state index is 0.0873. The van der Waals surface area contributed by atoms with Crippen LogP contribution >= 0.6 is 0 Å². The maximum atomic E-state index is 13.2. The molecular formula is C12H14FN3O2. The summed E-state index contributed by atoms with van der Waals surface area (Å²) in [5, 5.41) is 7.47. The highest BCUT2D eigenvalue weighted by atomic mass is 19.1. The number of halogens is 1. The summed E-state index contributed by atoms with van der Waals surface area (Å²) < 4.78 is 23.8. The van der Waals surface area contributed by atoms with Gasteiger partial charge in [-0.25, -0.2) is 4.39 Å². The molecule has 2 rings (SSSR count). The molecule has 0 radical (unpaired) electrons. The van der Waals surface area contributed by atoms with E-state index in [1.54, 1.807) is 19.9 Å². The number of aryl methyl sites for hydroxylation is 1. The van der Waals surface area contributed by atoms with Crippen LogP contribution in [0.25, 0.3) is 0 Å². The van der Waals surface area contributed by atoms with E-state index in [2.05, 4.69) is 10.2 Å². The summed E-state index contributed by atoms with van der Waals surface area (Å²) in [4.78, 5) is 0. The van der Waals surface area contributed by atoms with Crippen molar-refractivity contribution >= 4 is 0 Å². The molecule has 18 heavy (non-hydrogen) atoms. The van der Waals surface area contributed by atoms with Crippen LogP contribution in [-0.2, 0) is 6.61 Å². The van der Waals surface area contributed by atoms with Gasteiger partial charge < -0.3 is 14.9 Å². The summed E-state index contributed by atoms with van der Waals surface area (Å²) in [5.41, 5.74) is 6.51. The molecule has 2 N–H and O–H groups in total. The molecular weight excluding hydrogens is 237 g/mol.